The molecule has 0 saturated carbocycles. The number of nitrogens with zero attached hydrogens (tertiary/aromatic N) is 3. The molecule has 2 heterocycles. The van der Waals surface area contributed by atoms with Gasteiger partial charge in [-0.05, 0) is 36.8 Å². The van der Waals surface area contributed by atoms with Crippen molar-refractivity contribution in [2.24, 2.45) is 0 Å². The summed E-state index contributed by atoms with van der Waals surface area (Å²) in [5, 5.41) is 0.164. The van der Waals surface area contributed by atoms with Crippen LogP contribution in [0, 0.1) is 0 Å². The minimum absolute atomic E-state index is 0.111. The molecule has 31 heavy (non-hydrogen) atoms. The van der Waals surface area contributed by atoms with Crippen LogP contribution in [-0.2, 0) is 16.2 Å². The highest BCUT2D eigenvalue weighted by molar-refractivity contribution is 7.92. The Labute approximate surface area is 182 Å². The largest absolute Gasteiger partial charge is 0.417 e. The number of sulfonamides is 1. The number of pyridine rings is 1. The number of halogens is 4. The molecule has 2 aromatic rings. The number of alkyl halides is 3. The summed E-state index contributed by atoms with van der Waals surface area (Å²) in [6.45, 7) is 1.70. The minimum atomic E-state index is -4.45. The molecule has 1 aliphatic rings. The van der Waals surface area contributed by atoms with Crippen LogP contribution in [0.15, 0.2) is 36.5 Å². The quantitative estimate of drug-likeness (QED) is 0.730. The summed E-state index contributed by atoms with van der Waals surface area (Å²) in [6, 6.07) is 6.64. The predicted octanol–water partition coefficient (Wildman–Crippen LogP) is 3.48. The van der Waals surface area contributed by atoms with Crippen LogP contribution in [0.2, 0.25) is 5.02 Å². The first-order valence-corrected chi connectivity index (χ1v) is 11.6. The van der Waals surface area contributed by atoms with Crippen molar-refractivity contribution in [1.82, 2.24) is 9.88 Å². The fourth-order valence-electron chi connectivity index (χ4n) is 3.21. The molecule has 0 unspecified atom stereocenters. The molecule has 1 aromatic carbocycles. The summed E-state index contributed by atoms with van der Waals surface area (Å²) in [4.78, 5) is 20.3. The van der Waals surface area contributed by atoms with Crippen molar-refractivity contribution in [2.45, 2.75) is 12.6 Å². The van der Waals surface area contributed by atoms with Crippen LogP contribution >= 0.6 is 11.6 Å². The number of nitrogens with one attached hydrogen (secondary N) is 1. The summed E-state index contributed by atoms with van der Waals surface area (Å²) in [6.07, 6.45) is -2.07. The van der Waals surface area contributed by atoms with E-state index >= 15 is 0 Å². The zero-order chi connectivity index (χ0) is 22.8. The molecule has 1 saturated heterocycles. The third-order valence-electron chi connectivity index (χ3n) is 4.69. The minimum Gasteiger partial charge on any atom is -0.355 e. The van der Waals surface area contributed by atoms with Gasteiger partial charge in [0.05, 0.1) is 22.5 Å². The molecular weight excluding hydrogens is 457 g/mol. The van der Waals surface area contributed by atoms with Crippen LogP contribution in [0.5, 0.6) is 0 Å². The van der Waals surface area contributed by atoms with Crippen molar-refractivity contribution in [3.8, 4) is 0 Å². The van der Waals surface area contributed by atoms with Crippen LogP contribution in [0.3, 0.4) is 0 Å². The maximum absolute atomic E-state index is 12.9. The SMILES string of the molecule is CS(=O)(=O)Nc1cc(C(=O)N2CCCN(c3ccc(C(F)(F)F)cn3)CC2)ccc1Cl. The van der Waals surface area contributed by atoms with Gasteiger partial charge in [-0.3, -0.25) is 9.52 Å². The molecule has 12 heteroatoms. The van der Waals surface area contributed by atoms with Crippen LogP contribution < -0.4 is 9.62 Å². The highest BCUT2D eigenvalue weighted by atomic mass is 35.5. The second kappa shape index (κ2) is 8.91. The van der Waals surface area contributed by atoms with Crippen LogP contribution in [0.4, 0.5) is 24.7 Å². The van der Waals surface area contributed by atoms with E-state index in [1.54, 1.807) is 4.90 Å². The van der Waals surface area contributed by atoms with Gasteiger partial charge in [0.2, 0.25) is 10.0 Å². The summed E-state index contributed by atoms with van der Waals surface area (Å²) in [5.74, 6) is 0.115. The summed E-state index contributed by atoms with van der Waals surface area (Å²) in [5.41, 5.74) is -0.429. The Bertz CT molecular complexity index is 1060. The van der Waals surface area contributed by atoms with Crippen molar-refractivity contribution in [1.29, 1.82) is 0 Å². The van der Waals surface area contributed by atoms with E-state index in [2.05, 4.69) is 9.71 Å². The van der Waals surface area contributed by atoms with Gasteiger partial charge in [-0.1, -0.05) is 11.6 Å². The third kappa shape index (κ3) is 6.01. The second-order valence-electron chi connectivity index (χ2n) is 7.10. The lowest BCUT2D eigenvalue weighted by molar-refractivity contribution is -0.137. The monoisotopic (exact) mass is 476 g/mol. The lowest BCUT2D eigenvalue weighted by Gasteiger charge is -2.23. The Kier molecular flexibility index (Phi) is 6.65. The topological polar surface area (TPSA) is 82.6 Å². The number of benzene rings is 1. The summed E-state index contributed by atoms with van der Waals surface area (Å²) < 4.78 is 63.4. The first-order chi connectivity index (χ1) is 14.4. The first-order valence-electron chi connectivity index (χ1n) is 9.29. The summed E-state index contributed by atoms with van der Waals surface area (Å²) in [7, 11) is -3.57. The normalized spacial score (nSPS) is 15.5. The zero-order valence-electron chi connectivity index (χ0n) is 16.5. The Morgan fingerprint density at radius 2 is 1.87 bits per heavy atom. The molecule has 1 aromatic heterocycles. The van der Waals surface area contributed by atoms with Gasteiger partial charge >= 0.3 is 6.18 Å². The maximum atomic E-state index is 12.9. The van der Waals surface area contributed by atoms with E-state index in [1.807, 2.05) is 4.90 Å². The van der Waals surface area contributed by atoms with Gasteiger partial charge in [0.1, 0.15) is 5.82 Å². The molecule has 1 N–H and O–H groups in total. The molecule has 1 aliphatic heterocycles. The van der Waals surface area contributed by atoms with Crippen molar-refractivity contribution in [3.05, 3.63) is 52.7 Å². The number of carbonyl (C=O) groups is 1. The number of anilines is 2. The zero-order valence-corrected chi connectivity index (χ0v) is 18.1. The first kappa shape index (κ1) is 23.1. The van der Waals surface area contributed by atoms with Gasteiger partial charge < -0.3 is 9.80 Å². The molecule has 0 radical (unpaired) electrons. The van der Waals surface area contributed by atoms with Crippen molar-refractivity contribution < 1.29 is 26.4 Å². The average Bonchev–Trinajstić information content (AvgIpc) is 2.94. The Balaban J connectivity index is 1.71. The van der Waals surface area contributed by atoms with E-state index in [-0.39, 0.29) is 22.2 Å². The molecule has 1 amide bonds. The van der Waals surface area contributed by atoms with Crippen molar-refractivity contribution in [2.75, 3.05) is 42.1 Å². The fraction of sp³-hybridized carbons (Fsp3) is 0.368. The van der Waals surface area contributed by atoms with Crippen LogP contribution in [0.25, 0.3) is 0 Å². The van der Waals surface area contributed by atoms with E-state index in [0.717, 1.165) is 18.5 Å². The number of amides is 1. The fourth-order valence-corrected chi connectivity index (χ4v) is 4.00. The number of carbonyl (C=O) groups excluding carboxylic acids is 1. The van der Waals surface area contributed by atoms with E-state index in [1.165, 1.54) is 24.3 Å². The summed E-state index contributed by atoms with van der Waals surface area (Å²) >= 11 is 6.01. The highest BCUT2D eigenvalue weighted by Gasteiger charge is 2.31. The number of rotatable bonds is 4. The van der Waals surface area contributed by atoms with E-state index in [9.17, 15) is 26.4 Å². The van der Waals surface area contributed by atoms with Gasteiger partial charge in [-0.25, -0.2) is 13.4 Å². The molecule has 7 nitrogen and oxygen atoms in total. The number of hydrogen-bond acceptors (Lipinski definition) is 5. The second-order valence-corrected chi connectivity index (χ2v) is 9.26. The molecule has 168 valence electrons. The predicted molar refractivity (Wildman–Crippen MR) is 112 cm³/mol. The molecule has 0 atom stereocenters. The smallest absolute Gasteiger partial charge is 0.355 e. The van der Waals surface area contributed by atoms with Crippen molar-refractivity contribution >= 4 is 39.0 Å². The standard InChI is InChI=1S/C19H20ClF3N4O3S/c1-31(29,30)25-16-11-13(3-5-15(16)20)18(28)27-8-2-7-26(9-10-27)17-6-4-14(12-24-17)19(21,22)23/h3-6,11-12,25H,2,7-10H2,1H3. The Morgan fingerprint density at radius 3 is 2.48 bits per heavy atom. The average molecular weight is 477 g/mol. The molecule has 0 aliphatic carbocycles. The Hall–Kier alpha value is -2.53. The maximum Gasteiger partial charge on any atom is 0.417 e. The number of aromatic nitrogens is 1. The van der Waals surface area contributed by atoms with Gasteiger partial charge in [0.25, 0.3) is 5.91 Å². The van der Waals surface area contributed by atoms with Gasteiger partial charge in [-0.15, -0.1) is 0 Å². The highest BCUT2D eigenvalue weighted by Crippen LogP contribution is 2.29. The van der Waals surface area contributed by atoms with Gasteiger partial charge in [0, 0.05) is 37.9 Å². The Morgan fingerprint density at radius 1 is 1.13 bits per heavy atom. The third-order valence-corrected chi connectivity index (χ3v) is 5.61. The van der Waals surface area contributed by atoms with E-state index < -0.39 is 21.8 Å². The van der Waals surface area contributed by atoms with Gasteiger partial charge in [-0.2, -0.15) is 13.2 Å². The lowest BCUT2D eigenvalue weighted by Crippen LogP contribution is -2.35. The molecular formula is C19H20ClF3N4O3S. The van der Waals surface area contributed by atoms with Crippen LogP contribution in [0.1, 0.15) is 22.3 Å². The van der Waals surface area contributed by atoms with Crippen LogP contribution in [-0.4, -0.2) is 56.6 Å². The lowest BCUT2D eigenvalue weighted by atomic mass is 10.1. The molecule has 1 fully saturated rings. The number of hydrogen-bond donors (Lipinski definition) is 1. The molecule has 0 spiro atoms. The molecule has 0 bridgehead atoms. The van der Waals surface area contributed by atoms with Gasteiger partial charge in [0.15, 0.2) is 0 Å². The van der Waals surface area contributed by atoms with Crippen molar-refractivity contribution in [3.63, 3.8) is 0 Å². The van der Waals surface area contributed by atoms with E-state index in [0.29, 0.717) is 38.4 Å². The van der Waals surface area contributed by atoms with E-state index in [4.69, 9.17) is 11.6 Å². The molecule has 3 rings (SSSR count).